The maximum Gasteiger partial charge on any atom is 0.270 e. The number of halogens is 3. The third-order valence-corrected chi connectivity index (χ3v) is 4.67. The van der Waals surface area contributed by atoms with Gasteiger partial charge in [-0.15, -0.1) is 0 Å². The van der Waals surface area contributed by atoms with Crippen molar-refractivity contribution in [2.45, 2.75) is 0 Å². The van der Waals surface area contributed by atoms with Crippen molar-refractivity contribution in [3.63, 3.8) is 0 Å². The number of nitrogen functional groups attached to an aromatic ring is 1. The molecule has 0 bridgehead atoms. The summed E-state index contributed by atoms with van der Waals surface area (Å²) in [7, 11) is 0. The number of benzene rings is 2. The summed E-state index contributed by atoms with van der Waals surface area (Å²) < 4.78 is 15.2. The van der Waals surface area contributed by atoms with Gasteiger partial charge in [-0.25, -0.2) is 14.4 Å². The summed E-state index contributed by atoms with van der Waals surface area (Å²) in [5, 5.41) is 2.80. The smallest absolute Gasteiger partial charge is 0.270 e. The number of amides is 1. The van der Waals surface area contributed by atoms with Crippen LogP contribution in [-0.4, -0.2) is 15.9 Å². The summed E-state index contributed by atoms with van der Waals surface area (Å²) in [5.41, 5.74) is 11.9. The molecule has 0 fully saturated rings. The molecule has 5 N–H and O–H groups in total. The van der Waals surface area contributed by atoms with Crippen LogP contribution in [0.5, 0.6) is 0 Å². The second-order valence-corrected chi connectivity index (χ2v) is 7.06. The maximum absolute atomic E-state index is 14.0. The van der Waals surface area contributed by atoms with E-state index >= 15 is 0 Å². The maximum atomic E-state index is 14.0. The Balaban J connectivity index is 1.75. The molecule has 7 nitrogen and oxygen atoms in total. The second kappa shape index (κ2) is 8.31. The minimum atomic E-state index is -0.473. The van der Waals surface area contributed by atoms with Gasteiger partial charge in [-0.05, 0) is 46.3 Å². The second-order valence-electron chi connectivity index (χ2n) is 5.29. The van der Waals surface area contributed by atoms with Gasteiger partial charge in [0.2, 0.25) is 0 Å². The standard InChI is InChI=1S/C17H13Br2FN6O/c18-9-5-6-13(12(20)7-9)24-15-14(21)16(23-8-22-15)25-26-17(27)10-3-1-2-4-11(10)19/h1-8H,21H2,(H,26,27)(H2,22,23,24,25). The molecule has 1 aromatic heterocycles. The third kappa shape index (κ3) is 4.52. The van der Waals surface area contributed by atoms with Crippen molar-refractivity contribution in [2.75, 3.05) is 16.5 Å². The summed E-state index contributed by atoms with van der Waals surface area (Å²) >= 11 is 6.50. The number of nitrogens with zero attached hydrogens (tertiary/aromatic N) is 2. The highest BCUT2D eigenvalue weighted by atomic mass is 79.9. The number of hydrogen-bond donors (Lipinski definition) is 4. The van der Waals surface area contributed by atoms with E-state index in [0.29, 0.717) is 14.5 Å². The van der Waals surface area contributed by atoms with Crippen LogP contribution >= 0.6 is 31.9 Å². The molecule has 0 saturated carbocycles. The largest absolute Gasteiger partial charge is 0.393 e. The molecule has 0 aliphatic rings. The highest BCUT2D eigenvalue weighted by molar-refractivity contribution is 9.10. The van der Waals surface area contributed by atoms with Crippen molar-refractivity contribution in [3.05, 3.63) is 69.1 Å². The first-order valence-corrected chi connectivity index (χ1v) is 9.17. The fourth-order valence-corrected chi connectivity index (χ4v) is 2.94. The minimum absolute atomic E-state index is 0.118. The minimum Gasteiger partial charge on any atom is -0.393 e. The molecule has 0 spiro atoms. The summed E-state index contributed by atoms with van der Waals surface area (Å²) in [5.74, 6) is -0.484. The average Bonchev–Trinajstić information content (AvgIpc) is 2.64. The van der Waals surface area contributed by atoms with Crippen molar-refractivity contribution >= 4 is 60.8 Å². The van der Waals surface area contributed by atoms with E-state index in [9.17, 15) is 9.18 Å². The molecule has 10 heteroatoms. The van der Waals surface area contributed by atoms with Crippen molar-refractivity contribution in [1.82, 2.24) is 15.4 Å². The summed E-state index contributed by atoms with van der Waals surface area (Å²) in [4.78, 5) is 20.2. The summed E-state index contributed by atoms with van der Waals surface area (Å²) in [6, 6.07) is 11.5. The van der Waals surface area contributed by atoms with Gasteiger partial charge in [0, 0.05) is 8.95 Å². The van der Waals surface area contributed by atoms with Gasteiger partial charge < -0.3 is 11.1 Å². The Bertz CT molecular complexity index is 1000. The van der Waals surface area contributed by atoms with Crippen LogP contribution in [0.3, 0.4) is 0 Å². The highest BCUT2D eigenvalue weighted by Crippen LogP contribution is 2.28. The zero-order valence-electron chi connectivity index (χ0n) is 13.6. The monoisotopic (exact) mass is 494 g/mol. The van der Waals surface area contributed by atoms with Crippen LogP contribution in [0, 0.1) is 5.82 Å². The van der Waals surface area contributed by atoms with Gasteiger partial charge >= 0.3 is 0 Å². The fraction of sp³-hybridized carbons (Fsp3) is 0. The van der Waals surface area contributed by atoms with Crippen molar-refractivity contribution in [1.29, 1.82) is 0 Å². The van der Waals surface area contributed by atoms with E-state index in [-0.39, 0.29) is 28.9 Å². The van der Waals surface area contributed by atoms with Crippen LogP contribution in [0.4, 0.5) is 27.4 Å². The molecular weight excluding hydrogens is 483 g/mol. The van der Waals surface area contributed by atoms with E-state index in [1.54, 1.807) is 36.4 Å². The molecule has 0 saturated heterocycles. The molecule has 0 atom stereocenters. The van der Waals surface area contributed by atoms with Gasteiger partial charge in [-0.3, -0.25) is 15.6 Å². The van der Waals surface area contributed by atoms with Gasteiger partial charge in [0.15, 0.2) is 11.6 Å². The molecule has 0 unspecified atom stereocenters. The van der Waals surface area contributed by atoms with Crippen LogP contribution < -0.4 is 21.9 Å². The van der Waals surface area contributed by atoms with Crippen LogP contribution in [-0.2, 0) is 0 Å². The molecule has 0 aliphatic heterocycles. The number of hydrogen-bond acceptors (Lipinski definition) is 6. The van der Waals surface area contributed by atoms with E-state index in [0.717, 1.165) is 0 Å². The van der Waals surface area contributed by atoms with E-state index in [2.05, 4.69) is 58.0 Å². The molecular formula is C17H13Br2FN6O. The molecule has 0 radical (unpaired) electrons. The summed E-state index contributed by atoms with van der Waals surface area (Å²) in [6.07, 6.45) is 1.24. The number of carbonyl (C=O) groups is 1. The quantitative estimate of drug-likeness (QED) is 0.395. The van der Waals surface area contributed by atoms with Crippen LogP contribution in [0.2, 0.25) is 0 Å². The average molecular weight is 496 g/mol. The number of hydrazine groups is 1. The molecule has 1 amide bonds. The highest BCUT2D eigenvalue weighted by Gasteiger charge is 2.13. The molecule has 3 aromatic rings. The molecule has 3 rings (SSSR count). The lowest BCUT2D eigenvalue weighted by molar-refractivity contribution is 0.0961. The number of rotatable bonds is 5. The summed E-state index contributed by atoms with van der Waals surface area (Å²) in [6.45, 7) is 0. The first kappa shape index (κ1) is 19.1. The zero-order chi connectivity index (χ0) is 19.4. The Hall–Kier alpha value is -2.72. The lowest BCUT2D eigenvalue weighted by Crippen LogP contribution is -2.30. The molecule has 1 heterocycles. The number of carbonyl (C=O) groups excluding carboxylic acids is 1. The molecule has 0 aliphatic carbocycles. The predicted octanol–water partition coefficient (Wildman–Crippen LogP) is 4.22. The zero-order valence-corrected chi connectivity index (χ0v) is 16.8. The Morgan fingerprint density at radius 3 is 2.56 bits per heavy atom. The van der Waals surface area contributed by atoms with E-state index in [4.69, 9.17) is 5.73 Å². The Morgan fingerprint density at radius 1 is 1.07 bits per heavy atom. The first-order valence-electron chi connectivity index (χ1n) is 7.59. The predicted molar refractivity (Wildman–Crippen MR) is 109 cm³/mol. The van der Waals surface area contributed by atoms with E-state index < -0.39 is 5.82 Å². The van der Waals surface area contributed by atoms with Gasteiger partial charge in [-0.2, -0.15) is 0 Å². The Kier molecular flexibility index (Phi) is 5.87. The first-order chi connectivity index (χ1) is 13.0. The van der Waals surface area contributed by atoms with Crippen LogP contribution in [0.1, 0.15) is 10.4 Å². The molecule has 138 valence electrons. The number of nitrogens with one attached hydrogen (secondary N) is 3. The van der Waals surface area contributed by atoms with Gasteiger partial charge in [0.25, 0.3) is 5.91 Å². The number of anilines is 4. The van der Waals surface area contributed by atoms with Crippen LogP contribution in [0.25, 0.3) is 0 Å². The molecule has 27 heavy (non-hydrogen) atoms. The number of nitrogens with two attached hydrogens (primary N) is 1. The van der Waals surface area contributed by atoms with Crippen molar-refractivity contribution in [2.24, 2.45) is 0 Å². The third-order valence-electron chi connectivity index (χ3n) is 3.48. The Morgan fingerprint density at radius 2 is 1.81 bits per heavy atom. The van der Waals surface area contributed by atoms with Gasteiger partial charge in [0.05, 0.1) is 11.3 Å². The van der Waals surface area contributed by atoms with Crippen molar-refractivity contribution < 1.29 is 9.18 Å². The van der Waals surface area contributed by atoms with Gasteiger partial charge in [-0.1, -0.05) is 28.1 Å². The Labute approximate surface area is 170 Å². The van der Waals surface area contributed by atoms with E-state index in [1.807, 2.05) is 0 Å². The number of aromatic nitrogens is 2. The van der Waals surface area contributed by atoms with Gasteiger partial charge in [0.1, 0.15) is 17.8 Å². The fourth-order valence-electron chi connectivity index (χ4n) is 2.14. The van der Waals surface area contributed by atoms with E-state index in [1.165, 1.54) is 12.4 Å². The lowest BCUT2D eigenvalue weighted by Gasteiger charge is -2.14. The SMILES string of the molecule is Nc1c(NNC(=O)c2ccccc2Br)ncnc1Nc1ccc(Br)cc1F. The van der Waals surface area contributed by atoms with Crippen molar-refractivity contribution in [3.8, 4) is 0 Å². The normalized spacial score (nSPS) is 10.3. The lowest BCUT2D eigenvalue weighted by atomic mass is 10.2. The topological polar surface area (TPSA) is 105 Å². The molecule has 2 aromatic carbocycles. The van der Waals surface area contributed by atoms with Crippen LogP contribution in [0.15, 0.2) is 57.7 Å².